The molecular weight excluding hydrogens is 216 g/mol. The Hall–Kier alpha value is -0.370. The summed E-state index contributed by atoms with van der Waals surface area (Å²) < 4.78 is 1.82. The average molecular weight is 220 g/mol. The molecule has 3 nitrogen and oxygen atoms in total. The van der Waals surface area contributed by atoms with Gasteiger partial charge in [-0.25, -0.2) is 9.97 Å². The lowest BCUT2D eigenvalue weighted by Gasteiger charge is -1.96. The van der Waals surface area contributed by atoms with Gasteiger partial charge in [-0.1, -0.05) is 22.8 Å². The molecule has 2 rings (SSSR count). The summed E-state index contributed by atoms with van der Waals surface area (Å²) in [6, 6.07) is 1.85. The summed E-state index contributed by atoms with van der Waals surface area (Å²) in [6.07, 6.45) is 3.27. The zero-order chi connectivity index (χ0) is 8.55. The lowest BCUT2D eigenvalue weighted by atomic mass is 10.4. The van der Waals surface area contributed by atoms with Gasteiger partial charge in [-0.15, -0.1) is 0 Å². The van der Waals surface area contributed by atoms with Crippen LogP contribution in [0.3, 0.4) is 0 Å². The third-order valence-corrected chi connectivity index (χ3v) is 2.91. The fraction of sp³-hybridized carbons (Fsp3) is 0. The van der Waals surface area contributed by atoms with Crippen LogP contribution in [0.1, 0.15) is 0 Å². The minimum Gasteiger partial charge on any atom is -0.299 e. The largest absolute Gasteiger partial charge is 0.299 e. The number of hydrogen-bond acceptors (Lipinski definition) is 2. The van der Waals surface area contributed by atoms with Crippen molar-refractivity contribution < 1.29 is 0 Å². The van der Waals surface area contributed by atoms with Gasteiger partial charge in [-0.05, 0) is 6.07 Å². The standard InChI is InChI=1S/C6H4Cl2N3P/c7-5-4-1-2-11(12-8)6(4)10-3-9-5/h1-3,12H. The molecule has 2 heterocycles. The van der Waals surface area contributed by atoms with Crippen LogP contribution in [0.4, 0.5) is 0 Å². The summed E-state index contributed by atoms with van der Waals surface area (Å²) in [5.41, 5.74) is 0.781. The molecule has 0 aromatic carbocycles. The Bertz CT molecular complexity index is 414. The van der Waals surface area contributed by atoms with Crippen LogP contribution >= 0.6 is 30.9 Å². The summed E-state index contributed by atoms with van der Waals surface area (Å²) in [7, 11) is 0.145. The van der Waals surface area contributed by atoms with Crippen LogP contribution in [0, 0.1) is 0 Å². The lowest BCUT2D eigenvalue weighted by Crippen LogP contribution is -1.84. The fourth-order valence-electron chi connectivity index (χ4n) is 0.989. The van der Waals surface area contributed by atoms with Crippen LogP contribution in [0.15, 0.2) is 18.6 Å². The Balaban J connectivity index is 2.80. The van der Waals surface area contributed by atoms with E-state index in [1.807, 2.05) is 16.6 Å². The number of nitrogens with zero attached hydrogens (tertiary/aromatic N) is 3. The number of halogens is 2. The minimum absolute atomic E-state index is 0.145. The second-order valence-corrected chi connectivity index (χ2v) is 3.69. The maximum absolute atomic E-state index is 5.82. The first-order valence-corrected chi connectivity index (χ1v) is 5.51. The number of aromatic nitrogens is 3. The zero-order valence-electron chi connectivity index (χ0n) is 5.83. The fourth-order valence-corrected chi connectivity index (χ4v) is 1.98. The monoisotopic (exact) mass is 219 g/mol. The molecule has 0 N–H and O–H groups in total. The molecule has 2 aromatic heterocycles. The molecule has 2 aromatic rings. The molecule has 62 valence electrons. The second-order valence-electron chi connectivity index (χ2n) is 2.17. The molecule has 0 saturated carbocycles. The van der Waals surface area contributed by atoms with Crippen molar-refractivity contribution in [2.75, 3.05) is 0 Å². The first-order valence-electron chi connectivity index (χ1n) is 3.17. The molecular formula is C6H4Cl2N3P. The van der Waals surface area contributed by atoms with Crippen LogP contribution in [-0.4, -0.2) is 14.3 Å². The molecule has 1 atom stereocenters. The molecule has 0 radical (unpaired) electrons. The van der Waals surface area contributed by atoms with E-state index in [0.29, 0.717) is 5.15 Å². The second kappa shape index (κ2) is 3.17. The van der Waals surface area contributed by atoms with Crippen molar-refractivity contribution in [3.05, 3.63) is 23.7 Å². The van der Waals surface area contributed by atoms with E-state index in [1.165, 1.54) is 6.33 Å². The van der Waals surface area contributed by atoms with Crippen molar-refractivity contribution in [1.82, 2.24) is 14.3 Å². The van der Waals surface area contributed by atoms with Crippen molar-refractivity contribution in [2.24, 2.45) is 0 Å². The van der Waals surface area contributed by atoms with Gasteiger partial charge in [0.2, 0.25) is 0 Å². The molecule has 0 bridgehead atoms. The molecule has 0 saturated heterocycles. The molecule has 0 aliphatic carbocycles. The third kappa shape index (κ3) is 1.18. The SMILES string of the molecule is ClPn1ccc2c(Cl)ncnc21. The Kier molecular flexibility index (Phi) is 2.18. The highest BCUT2D eigenvalue weighted by atomic mass is 35.7. The van der Waals surface area contributed by atoms with E-state index in [9.17, 15) is 0 Å². The van der Waals surface area contributed by atoms with Crippen LogP contribution in [0.25, 0.3) is 11.0 Å². The van der Waals surface area contributed by atoms with E-state index in [-0.39, 0.29) is 8.08 Å². The molecule has 12 heavy (non-hydrogen) atoms. The van der Waals surface area contributed by atoms with Crippen LogP contribution in [-0.2, 0) is 0 Å². The van der Waals surface area contributed by atoms with E-state index in [2.05, 4.69) is 9.97 Å². The number of hydrogen-bond donors (Lipinski definition) is 0. The Morgan fingerprint density at radius 2 is 2.25 bits per heavy atom. The summed E-state index contributed by atoms with van der Waals surface area (Å²) in [5.74, 6) is 0. The van der Waals surface area contributed by atoms with E-state index < -0.39 is 0 Å². The molecule has 0 fully saturated rings. The minimum atomic E-state index is 0.145. The van der Waals surface area contributed by atoms with Crippen molar-refractivity contribution in [2.45, 2.75) is 0 Å². The van der Waals surface area contributed by atoms with Gasteiger partial charge >= 0.3 is 0 Å². The van der Waals surface area contributed by atoms with Gasteiger partial charge in [0, 0.05) is 6.20 Å². The van der Waals surface area contributed by atoms with Gasteiger partial charge in [-0.3, -0.25) is 4.34 Å². The quantitative estimate of drug-likeness (QED) is 0.546. The smallest absolute Gasteiger partial charge is 0.148 e. The van der Waals surface area contributed by atoms with Crippen molar-refractivity contribution >= 4 is 42.0 Å². The number of rotatable bonds is 1. The Labute approximate surface area is 80.3 Å². The maximum Gasteiger partial charge on any atom is 0.148 e. The van der Waals surface area contributed by atoms with Gasteiger partial charge < -0.3 is 0 Å². The molecule has 0 spiro atoms. The Morgan fingerprint density at radius 1 is 1.42 bits per heavy atom. The highest BCUT2D eigenvalue weighted by Crippen LogP contribution is 2.28. The van der Waals surface area contributed by atoms with Crippen molar-refractivity contribution in [3.63, 3.8) is 0 Å². The van der Waals surface area contributed by atoms with E-state index in [1.54, 1.807) is 0 Å². The first-order chi connectivity index (χ1) is 5.83. The molecule has 6 heteroatoms. The normalized spacial score (nSPS) is 11.8. The highest BCUT2D eigenvalue weighted by Gasteiger charge is 2.04. The van der Waals surface area contributed by atoms with Crippen molar-refractivity contribution in [3.8, 4) is 0 Å². The molecule has 0 aliphatic rings. The van der Waals surface area contributed by atoms with Crippen LogP contribution in [0.2, 0.25) is 5.15 Å². The van der Waals surface area contributed by atoms with Gasteiger partial charge in [0.25, 0.3) is 0 Å². The van der Waals surface area contributed by atoms with E-state index in [0.717, 1.165) is 11.0 Å². The van der Waals surface area contributed by atoms with Gasteiger partial charge in [-0.2, -0.15) is 0 Å². The number of fused-ring (bicyclic) bond motifs is 1. The molecule has 0 aliphatic heterocycles. The Morgan fingerprint density at radius 3 is 3.00 bits per heavy atom. The topological polar surface area (TPSA) is 30.7 Å². The summed E-state index contributed by atoms with van der Waals surface area (Å²) >= 11 is 11.5. The van der Waals surface area contributed by atoms with Gasteiger partial charge in [0.05, 0.1) is 13.5 Å². The third-order valence-electron chi connectivity index (χ3n) is 1.52. The predicted octanol–water partition coefficient (Wildman–Crippen LogP) is 2.68. The van der Waals surface area contributed by atoms with Gasteiger partial charge in [0.1, 0.15) is 17.1 Å². The zero-order valence-corrected chi connectivity index (χ0v) is 8.34. The summed E-state index contributed by atoms with van der Waals surface area (Å²) in [4.78, 5) is 7.92. The van der Waals surface area contributed by atoms with E-state index in [4.69, 9.17) is 22.8 Å². The predicted molar refractivity (Wildman–Crippen MR) is 52.1 cm³/mol. The maximum atomic E-state index is 5.82. The summed E-state index contributed by atoms with van der Waals surface area (Å²) in [6.45, 7) is 0. The summed E-state index contributed by atoms with van der Waals surface area (Å²) in [5, 5.41) is 1.31. The lowest BCUT2D eigenvalue weighted by molar-refractivity contribution is 1.18. The molecule has 1 unspecified atom stereocenters. The average Bonchev–Trinajstić information content (AvgIpc) is 2.49. The van der Waals surface area contributed by atoms with E-state index >= 15 is 0 Å². The van der Waals surface area contributed by atoms with Crippen molar-refractivity contribution in [1.29, 1.82) is 0 Å². The van der Waals surface area contributed by atoms with Crippen LogP contribution < -0.4 is 0 Å². The highest BCUT2D eigenvalue weighted by molar-refractivity contribution is 7.67. The molecule has 0 amide bonds. The van der Waals surface area contributed by atoms with Crippen LogP contribution in [0.5, 0.6) is 0 Å². The first kappa shape index (κ1) is 8.24. The van der Waals surface area contributed by atoms with Gasteiger partial charge in [0.15, 0.2) is 0 Å².